The van der Waals surface area contributed by atoms with Crippen molar-refractivity contribution in [2.45, 2.75) is 174 Å². The molecule has 3 atom stereocenters. The first-order valence-corrected chi connectivity index (χ1v) is 33.4. The quantitative estimate of drug-likeness (QED) is 0.0107. The summed E-state index contributed by atoms with van der Waals surface area (Å²) < 4.78 is 30.5. The van der Waals surface area contributed by atoms with Crippen LogP contribution < -0.4 is 25.7 Å². The normalized spacial score (nSPS) is 15.2. The van der Waals surface area contributed by atoms with Crippen LogP contribution in [0.4, 0.5) is 0 Å². The molecule has 1 aromatic heterocycles. The zero-order valence-electron chi connectivity index (χ0n) is 48.1. The van der Waals surface area contributed by atoms with Gasteiger partial charge >= 0.3 is 5.97 Å². The maximum atomic E-state index is 14.9. The maximum Gasteiger partial charge on any atom is 0.328 e. The van der Waals surface area contributed by atoms with E-state index in [-0.39, 0.29) is 54.3 Å². The number of rotatable bonds is 31. The Morgan fingerprint density at radius 1 is 0.910 bits per heavy atom. The molecule has 0 saturated carbocycles. The Labute approximate surface area is 464 Å². The summed E-state index contributed by atoms with van der Waals surface area (Å²) in [5, 5.41) is 20.8. The first kappa shape index (κ1) is 63.0. The number of unbranched alkanes of at least 4 members (excludes halogenated alkanes) is 5. The number of oxazole rings is 1. The van der Waals surface area contributed by atoms with E-state index in [4.69, 9.17) is 28.0 Å². The van der Waals surface area contributed by atoms with Gasteiger partial charge in [-0.3, -0.25) is 19.2 Å². The Morgan fingerprint density at radius 2 is 1.56 bits per heavy atom. The predicted molar refractivity (Wildman–Crippen MR) is 306 cm³/mol. The molecular formula is C59H87N5O12Si2. The fourth-order valence-electron chi connectivity index (χ4n) is 9.55. The SMILES string of the molecule is CCCCCCC[C@H](OC(=O)[C@@H](CCCCN(C=O)OCOCC[Si](C)(C)C)NC(=O)c1nc(-c2cc(OC)ccc2O)oc1C)C(C)(C)C(=O)N[C@H]1CCCCN(O[Si](c2ccccc2)(c2ccccc2)C(C)(C)C)C1=O. The maximum absolute atomic E-state index is 14.9. The van der Waals surface area contributed by atoms with Crippen LogP contribution >= 0.6 is 0 Å². The van der Waals surface area contributed by atoms with Crippen LogP contribution in [-0.4, -0.2) is 118 Å². The molecule has 1 aliphatic rings. The average Bonchev–Trinajstić information content (AvgIpc) is 3.82. The molecule has 0 radical (unpaired) electrons. The van der Waals surface area contributed by atoms with Crippen molar-refractivity contribution in [1.29, 1.82) is 0 Å². The van der Waals surface area contributed by atoms with Crippen molar-refractivity contribution in [3.63, 3.8) is 0 Å². The van der Waals surface area contributed by atoms with Crippen molar-refractivity contribution in [1.82, 2.24) is 25.7 Å². The van der Waals surface area contributed by atoms with Crippen molar-refractivity contribution in [3.8, 4) is 23.0 Å². The number of aromatic hydroxyl groups is 1. The molecule has 5 rings (SSSR count). The number of ether oxygens (including phenoxy) is 3. The summed E-state index contributed by atoms with van der Waals surface area (Å²) in [5.41, 5.74) is -1.28. The molecule has 1 fully saturated rings. The smallest absolute Gasteiger partial charge is 0.328 e. The van der Waals surface area contributed by atoms with Crippen LogP contribution in [0.3, 0.4) is 0 Å². The van der Waals surface area contributed by atoms with Gasteiger partial charge in [-0.05, 0) is 112 Å². The molecule has 1 saturated heterocycles. The van der Waals surface area contributed by atoms with E-state index >= 15 is 0 Å². The van der Waals surface area contributed by atoms with Gasteiger partial charge in [-0.1, -0.05) is 134 Å². The average molecular weight is 1110 g/mol. The predicted octanol–water partition coefficient (Wildman–Crippen LogP) is 9.62. The molecule has 1 aliphatic heterocycles. The van der Waals surface area contributed by atoms with Crippen LogP contribution in [0.15, 0.2) is 83.3 Å². The highest BCUT2D eigenvalue weighted by molar-refractivity contribution is 6.99. The highest BCUT2D eigenvalue weighted by Gasteiger charge is 2.54. The summed E-state index contributed by atoms with van der Waals surface area (Å²) in [7, 11) is -3.06. The Kier molecular flexibility index (Phi) is 23.7. The summed E-state index contributed by atoms with van der Waals surface area (Å²) >= 11 is 0. The number of methoxy groups -OCH3 is 1. The van der Waals surface area contributed by atoms with Gasteiger partial charge in [0.2, 0.25) is 18.2 Å². The molecule has 0 unspecified atom stereocenters. The standard InChI is InChI=1S/C59H87N5O12Si2/c1-12-13-14-15-22-33-51(59(6,7)57(70)61-48-31-24-26-37-64(55(48)68)76-78(58(3,4)5,45-27-18-16-19-28-45)46-29-20-17-21-30-46)75-56(69)49(32-23-25-36-63(41-65)73-42-72-38-39-77(9,10)11)60-53(67)52-43(2)74-54(62-52)47-40-44(71-8)34-35-50(47)66/h16-21,27-30,34-35,40-41,48-49,51,66H,12-15,22-26,31-33,36-39,42H2,1-11H3,(H,60,67)(H,61,70)/t48-,49+,51-/m0/s1. The lowest BCUT2D eigenvalue weighted by Gasteiger charge is -2.45. The molecule has 0 bridgehead atoms. The van der Waals surface area contributed by atoms with E-state index in [1.807, 2.05) is 36.4 Å². The Bertz CT molecular complexity index is 2510. The molecule has 2 heterocycles. The number of amides is 4. The lowest BCUT2D eigenvalue weighted by atomic mass is 9.82. The summed E-state index contributed by atoms with van der Waals surface area (Å²) in [6, 6.07) is 23.5. The van der Waals surface area contributed by atoms with Gasteiger partial charge in [-0.15, -0.1) is 0 Å². The number of aromatic nitrogens is 1. The van der Waals surface area contributed by atoms with E-state index in [0.717, 1.165) is 47.2 Å². The van der Waals surface area contributed by atoms with Gasteiger partial charge in [-0.25, -0.2) is 24.7 Å². The first-order valence-electron chi connectivity index (χ1n) is 27.8. The molecule has 4 aromatic rings. The third kappa shape index (κ3) is 17.3. The van der Waals surface area contributed by atoms with Gasteiger partial charge in [-0.2, -0.15) is 0 Å². The molecule has 3 N–H and O–H groups in total. The van der Waals surface area contributed by atoms with Crippen LogP contribution in [0.25, 0.3) is 11.5 Å². The number of hydrogen-bond acceptors (Lipinski definition) is 13. The fourth-order valence-corrected chi connectivity index (χ4v) is 14.7. The topological polar surface area (TPSA) is 208 Å². The van der Waals surface area contributed by atoms with Crippen molar-refractivity contribution in [3.05, 3.63) is 90.3 Å². The summed E-state index contributed by atoms with van der Waals surface area (Å²) in [6.45, 7) is 21.2. The van der Waals surface area contributed by atoms with Crippen molar-refractivity contribution in [2.75, 3.05) is 33.6 Å². The van der Waals surface area contributed by atoms with Crippen LogP contribution in [0.1, 0.15) is 135 Å². The molecule has 17 nitrogen and oxygen atoms in total. The highest BCUT2D eigenvalue weighted by atomic mass is 28.4. The number of nitrogens with zero attached hydrogens (tertiary/aromatic N) is 3. The number of hydroxylamine groups is 4. The van der Waals surface area contributed by atoms with Crippen LogP contribution in [0.2, 0.25) is 30.7 Å². The van der Waals surface area contributed by atoms with Crippen molar-refractivity contribution >= 4 is 56.9 Å². The third-order valence-corrected chi connectivity index (χ3v) is 21.0. The number of carbonyl (C=O) groups excluding carboxylic acids is 5. The lowest BCUT2D eigenvalue weighted by Crippen LogP contribution is -2.69. The summed E-state index contributed by atoms with van der Waals surface area (Å²) in [5.74, 6) is -1.93. The van der Waals surface area contributed by atoms with Crippen LogP contribution in [0.5, 0.6) is 11.5 Å². The third-order valence-electron chi connectivity index (χ3n) is 14.4. The fraction of sp³-hybridized carbons (Fsp3) is 0.559. The van der Waals surface area contributed by atoms with E-state index < -0.39 is 62.8 Å². The van der Waals surface area contributed by atoms with E-state index in [9.17, 15) is 29.1 Å². The Hall–Kier alpha value is -5.87. The largest absolute Gasteiger partial charge is 0.507 e. The van der Waals surface area contributed by atoms with Crippen LogP contribution in [-0.2, 0) is 38.0 Å². The van der Waals surface area contributed by atoms with Gasteiger partial charge in [0, 0.05) is 27.8 Å². The van der Waals surface area contributed by atoms with E-state index in [1.165, 1.54) is 24.3 Å². The minimum atomic E-state index is -3.22. The van der Waals surface area contributed by atoms with Gasteiger partial charge in [0.25, 0.3) is 20.1 Å². The van der Waals surface area contributed by atoms with Gasteiger partial charge in [0.15, 0.2) is 12.5 Å². The number of hydrogen-bond donors (Lipinski definition) is 3. The lowest BCUT2D eigenvalue weighted by molar-refractivity contribution is -0.213. The second-order valence-electron chi connectivity index (χ2n) is 23.1. The zero-order valence-corrected chi connectivity index (χ0v) is 50.1. The molecule has 78 heavy (non-hydrogen) atoms. The number of phenols is 1. The van der Waals surface area contributed by atoms with E-state index in [0.29, 0.717) is 70.3 Å². The van der Waals surface area contributed by atoms with Crippen molar-refractivity contribution in [2.24, 2.45) is 5.41 Å². The first-order chi connectivity index (χ1) is 37.1. The van der Waals surface area contributed by atoms with Crippen molar-refractivity contribution < 1.29 is 57.1 Å². The number of esters is 1. The number of aryl methyl sites for hydroxylation is 1. The molecule has 19 heteroatoms. The second-order valence-corrected chi connectivity index (χ2v) is 32.9. The number of benzene rings is 3. The minimum Gasteiger partial charge on any atom is -0.507 e. The Morgan fingerprint density at radius 3 is 2.18 bits per heavy atom. The minimum absolute atomic E-state index is 0.0349. The monoisotopic (exact) mass is 1110 g/mol. The van der Waals surface area contributed by atoms with Gasteiger partial charge in [0.1, 0.15) is 35.4 Å². The molecule has 428 valence electrons. The molecule has 4 amide bonds. The molecule has 3 aromatic carbocycles. The number of nitrogens with one attached hydrogen (secondary N) is 2. The second kappa shape index (κ2) is 29.4. The van der Waals surface area contributed by atoms with E-state index in [2.05, 4.69) is 87.2 Å². The molecule has 0 spiro atoms. The zero-order chi connectivity index (χ0) is 57.1. The summed E-state index contributed by atoms with van der Waals surface area (Å²) in [6.07, 6.45) is 6.93. The van der Waals surface area contributed by atoms with Crippen LogP contribution in [0, 0.1) is 12.3 Å². The highest BCUT2D eigenvalue weighted by Crippen LogP contribution is 2.39. The number of phenolic OH excluding ortho intramolecular Hbond substituents is 1. The van der Waals surface area contributed by atoms with E-state index in [1.54, 1.807) is 26.8 Å². The molecular weight excluding hydrogens is 1030 g/mol. The van der Waals surface area contributed by atoms with Gasteiger partial charge in [0.05, 0.1) is 18.1 Å². The van der Waals surface area contributed by atoms with Gasteiger partial charge < -0.3 is 38.9 Å². The molecule has 0 aliphatic carbocycles. The summed E-state index contributed by atoms with van der Waals surface area (Å²) in [4.78, 5) is 80.7. The Balaban J connectivity index is 1.40. The number of carbonyl (C=O) groups is 5.